The Morgan fingerprint density at radius 3 is 2.53 bits per heavy atom. The summed E-state index contributed by atoms with van der Waals surface area (Å²) >= 11 is 3.23. The number of hydrogen-bond acceptors (Lipinski definition) is 1. The summed E-state index contributed by atoms with van der Waals surface area (Å²) in [4.78, 5) is 0. The van der Waals surface area contributed by atoms with Crippen molar-refractivity contribution >= 4 is 15.9 Å². The van der Waals surface area contributed by atoms with Crippen LogP contribution in [0.3, 0.4) is 0 Å². The molecule has 100 valence electrons. The quantitative estimate of drug-likeness (QED) is 0.891. The lowest BCUT2D eigenvalue weighted by atomic mass is 10.00. The maximum Gasteiger partial charge on any atom is 0.129 e. The van der Waals surface area contributed by atoms with Crippen LogP contribution in [0.4, 0.5) is 8.78 Å². The monoisotopic (exact) mass is 326 g/mol. The summed E-state index contributed by atoms with van der Waals surface area (Å²) in [5, 5.41) is 10.1. The molecule has 19 heavy (non-hydrogen) atoms. The van der Waals surface area contributed by atoms with Gasteiger partial charge in [-0.15, -0.1) is 0 Å². The molecule has 0 heterocycles. The van der Waals surface area contributed by atoms with Gasteiger partial charge in [-0.3, -0.25) is 0 Å². The Bertz CT molecular complexity index is 599. The van der Waals surface area contributed by atoms with E-state index in [1.165, 1.54) is 18.2 Å². The summed E-state index contributed by atoms with van der Waals surface area (Å²) in [7, 11) is 0. The van der Waals surface area contributed by atoms with Crippen molar-refractivity contribution in [1.29, 1.82) is 0 Å². The van der Waals surface area contributed by atoms with E-state index in [1.807, 2.05) is 0 Å². The van der Waals surface area contributed by atoms with Crippen LogP contribution in [0.15, 0.2) is 40.9 Å². The fourth-order valence-electron chi connectivity index (χ4n) is 1.91. The summed E-state index contributed by atoms with van der Waals surface area (Å²) in [5.74, 6) is -0.780. The minimum absolute atomic E-state index is 0.223. The third kappa shape index (κ3) is 3.39. The average Bonchev–Trinajstić information content (AvgIpc) is 2.32. The molecular weight excluding hydrogens is 314 g/mol. The molecule has 2 aromatic rings. The van der Waals surface area contributed by atoms with Gasteiger partial charge in [0.1, 0.15) is 11.6 Å². The SMILES string of the molecule is Cc1ccc(C(O)Cc2ccc(F)cc2Br)c(F)c1. The van der Waals surface area contributed by atoms with E-state index < -0.39 is 11.9 Å². The predicted molar refractivity (Wildman–Crippen MR) is 73.9 cm³/mol. The van der Waals surface area contributed by atoms with Crippen LogP contribution >= 0.6 is 15.9 Å². The molecule has 2 aromatic carbocycles. The van der Waals surface area contributed by atoms with Gasteiger partial charge < -0.3 is 5.11 Å². The van der Waals surface area contributed by atoms with Gasteiger partial charge in [0.15, 0.2) is 0 Å². The van der Waals surface area contributed by atoms with E-state index >= 15 is 0 Å². The fourth-order valence-corrected chi connectivity index (χ4v) is 2.42. The lowest BCUT2D eigenvalue weighted by Gasteiger charge is -2.13. The van der Waals surface area contributed by atoms with Crippen LogP contribution in [0.5, 0.6) is 0 Å². The van der Waals surface area contributed by atoms with Crippen LogP contribution in [0, 0.1) is 18.6 Å². The van der Waals surface area contributed by atoms with Gasteiger partial charge in [-0.05, 0) is 36.2 Å². The number of benzene rings is 2. The van der Waals surface area contributed by atoms with E-state index in [0.29, 0.717) is 4.47 Å². The molecule has 0 saturated carbocycles. The van der Waals surface area contributed by atoms with Crippen molar-refractivity contribution in [2.24, 2.45) is 0 Å². The third-order valence-corrected chi connectivity index (χ3v) is 3.68. The molecule has 1 unspecified atom stereocenters. The van der Waals surface area contributed by atoms with Crippen molar-refractivity contribution in [2.45, 2.75) is 19.4 Å². The zero-order valence-corrected chi connectivity index (χ0v) is 11.9. The summed E-state index contributed by atoms with van der Waals surface area (Å²) in [6, 6.07) is 8.94. The Hall–Kier alpha value is -1.26. The molecule has 0 aliphatic rings. The smallest absolute Gasteiger partial charge is 0.129 e. The summed E-state index contributed by atoms with van der Waals surface area (Å²) < 4.78 is 27.3. The molecule has 4 heteroatoms. The standard InChI is InChI=1S/C15H13BrF2O/c1-9-2-5-12(14(18)6-9)15(19)7-10-3-4-11(17)8-13(10)16/h2-6,8,15,19H,7H2,1H3. The molecule has 0 aliphatic heterocycles. The molecule has 1 N–H and O–H groups in total. The van der Waals surface area contributed by atoms with Gasteiger partial charge in [0.2, 0.25) is 0 Å². The van der Waals surface area contributed by atoms with E-state index in [4.69, 9.17) is 0 Å². The van der Waals surface area contributed by atoms with Gasteiger partial charge >= 0.3 is 0 Å². The van der Waals surface area contributed by atoms with Crippen LogP contribution in [-0.2, 0) is 6.42 Å². The van der Waals surface area contributed by atoms with Crippen LogP contribution in [-0.4, -0.2) is 5.11 Å². The number of aliphatic hydroxyl groups is 1. The van der Waals surface area contributed by atoms with Crippen LogP contribution in [0.25, 0.3) is 0 Å². The molecule has 1 atom stereocenters. The van der Waals surface area contributed by atoms with E-state index in [1.54, 1.807) is 25.1 Å². The van der Waals surface area contributed by atoms with Crippen molar-refractivity contribution in [3.8, 4) is 0 Å². The van der Waals surface area contributed by atoms with Crippen LogP contribution in [0.1, 0.15) is 22.8 Å². The molecule has 0 spiro atoms. The first-order chi connectivity index (χ1) is 8.97. The Morgan fingerprint density at radius 2 is 1.89 bits per heavy atom. The summed E-state index contributed by atoms with van der Waals surface area (Å²) in [6.07, 6.45) is -0.733. The molecular formula is C15H13BrF2O. The maximum absolute atomic E-state index is 13.7. The lowest BCUT2D eigenvalue weighted by molar-refractivity contribution is 0.173. The second-order valence-electron chi connectivity index (χ2n) is 4.48. The lowest BCUT2D eigenvalue weighted by Crippen LogP contribution is -2.05. The predicted octanol–water partition coefficient (Wildman–Crippen LogP) is 4.31. The normalized spacial score (nSPS) is 12.5. The molecule has 1 nitrogen and oxygen atoms in total. The summed E-state index contributed by atoms with van der Waals surface area (Å²) in [6.45, 7) is 1.79. The van der Waals surface area contributed by atoms with Gasteiger partial charge in [0.25, 0.3) is 0 Å². The van der Waals surface area contributed by atoms with Gasteiger partial charge in [0, 0.05) is 16.5 Å². The Morgan fingerprint density at radius 1 is 1.16 bits per heavy atom. The highest BCUT2D eigenvalue weighted by atomic mass is 79.9. The largest absolute Gasteiger partial charge is 0.388 e. The van der Waals surface area contributed by atoms with Gasteiger partial charge in [0.05, 0.1) is 6.10 Å². The van der Waals surface area contributed by atoms with Gasteiger partial charge in [-0.2, -0.15) is 0 Å². The Kier molecular flexibility index (Phi) is 4.32. The molecule has 0 amide bonds. The number of aliphatic hydroxyl groups excluding tert-OH is 1. The summed E-state index contributed by atoms with van der Waals surface area (Å²) in [5.41, 5.74) is 1.78. The Labute approximate surface area is 119 Å². The number of aryl methyl sites for hydroxylation is 1. The van der Waals surface area contributed by atoms with Crippen molar-refractivity contribution in [2.75, 3.05) is 0 Å². The zero-order chi connectivity index (χ0) is 14.0. The number of hydrogen-bond donors (Lipinski definition) is 1. The first kappa shape index (κ1) is 14.2. The van der Waals surface area contributed by atoms with E-state index in [-0.39, 0.29) is 17.8 Å². The first-order valence-electron chi connectivity index (χ1n) is 5.85. The molecule has 0 bridgehead atoms. The minimum Gasteiger partial charge on any atom is -0.388 e. The fraction of sp³-hybridized carbons (Fsp3) is 0.200. The molecule has 0 aromatic heterocycles. The third-order valence-electron chi connectivity index (χ3n) is 2.94. The van der Waals surface area contributed by atoms with Crippen molar-refractivity contribution in [3.63, 3.8) is 0 Å². The highest BCUT2D eigenvalue weighted by Gasteiger charge is 2.15. The second kappa shape index (κ2) is 5.80. The highest BCUT2D eigenvalue weighted by molar-refractivity contribution is 9.10. The van der Waals surface area contributed by atoms with E-state index in [2.05, 4.69) is 15.9 Å². The van der Waals surface area contributed by atoms with Crippen molar-refractivity contribution in [1.82, 2.24) is 0 Å². The van der Waals surface area contributed by atoms with Crippen LogP contribution < -0.4 is 0 Å². The number of halogens is 3. The molecule has 0 saturated heterocycles. The van der Waals surface area contributed by atoms with Crippen LogP contribution in [0.2, 0.25) is 0 Å². The van der Waals surface area contributed by atoms with Crippen molar-refractivity contribution in [3.05, 3.63) is 69.2 Å². The molecule has 2 rings (SSSR count). The Balaban J connectivity index is 2.23. The minimum atomic E-state index is -0.956. The zero-order valence-electron chi connectivity index (χ0n) is 10.3. The highest BCUT2D eigenvalue weighted by Crippen LogP contribution is 2.26. The molecule has 0 fully saturated rings. The topological polar surface area (TPSA) is 20.2 Å². The molecule has 0 radical (unpaired) electrons. The van der Waals surface area contributed by atoms with Crippen molar-refractivity contribution < 1.29 is 13.9 Å². The average molecular weight is 327 g/mol. The first-order valence-corrected chi connectivity index (χ1v) is 6.64. The van der Waals surface area contributed by atoms with E-state index in [9.17, 15) is 13.9 Å². The maximum atomic E-state index is 13.7. The number of rotatable bonds is 3. The molecule has 0 aliphatic carbocycles. The van der Waals surface area contributed by atoms with E-state index in [0.717, 1.165) is 11.1 Å². The van der Waals surface area contributed by atoms with Gasteiger partial charge in [-0.25, -0.2) is 8.78 Å². The van der Waals surface area contributed by atoms with Gasteiger partial charge in [-0.1, -0.05) is 34.1 Å². The second-order valence-corrected chi connectivity index (χ2v) is 5.33.